The summed E-state index contributed by atoms with van der Waals surface area (Å²) in [5.74, 6) is -1.16. The molecular formula is C28H35N3O6. The molecule has 0 spiro atoms. The number of phenols is 2. The molecule has 37 heavy (non-hydrogen) atoms. The Morgan fingerprint density at radius 2 is 1.68 bits per heavy atom. The van der Waals surface area contributed by atoms with Gasteiger partial charge in [-0.1, -0.05) is 24.6 Å². The van der Waals surface area contributed by atoms with Crippen molar-refractivity contribution < 1.29 is 29.3 Å². The molecule has 0 saturated heterocycles. The van der Waals surface area contributed by atoms with Gasteiger partial charge in [-0.15, -0.1) is 0 Å². The number of carbonyl (C=O) groups is 3. The fourth-order valence-electron chi connectivity index (χ4n) is 3.58. The molecule has 9 heteroatoms. The van der Waals surface area contributed by atoms with Crippen LogP contribution >= 0.6 is 0 Å². The fraction of sp³-hybridized carbons (Fsp3) is 0.393. The lowest BCUT2D eigenvalue weighted by Crippen LogP contribution is -2.52. The van der Waals surface area contributed by atoms with E-state index >= 15 is 0 Å². The topological polar surface area (TPSA) is 128 Å². The van der Waals surface area contributed by atoms with Gasteiger partial charge in [0, 0.05) is 18.5 Å². The molecule has 0 aliphatic rings. The first-order chi connectivity index (χ1) is 17.2. The fourth-order valence-corrected chi connectivity index (χ4v) is 3.58. The molecule has 0 aliphatic carbocycles. The average Bonchev–Trinajstić information content (AvgIpc) is 2.78. The van der Waals surface area contributed by atoms with Crippen LogP contribution in [-0.4, -0.2) is 50.7 Å². The van der Waals surface area contributed by atoms with Crippen molar-refractivity contribution in [2.24, 2.45) is 0 Å². The van der Waals surface area contributed by atoms with Crippen LogP contribution in [0.5, 0.6) is 11.5 Å². The third kappa shape index (κ3) is 8.46. The maximum absolute atomic E-state index is 13.8. The summed E-state index contributed by atoms with van der Waals surface area (Å²) >= 11 is 0. The molecule has 2 aromatic carbocycles. The van der Waals surface area contributed by atoms with Crippen LogP contribution in [0.1, 0.15) is 57.4 Å². The van der Waals surface area contributed by atoms with Crippen molar-refractivity contribution in [3.63, 3.8) is 0 Å². The van der Waals surface area contributed by atoms with Gasteiger partial charge in [0.1, 0.15) is 29.2 Å². The van der Waals surface area contributed by atoms with E-state index in [1.54, 1.807) is 59.7 Å². The molecule has 0 heterocycles. The number of ether oxygens (including phenoxy) is 1. The number of amides is 3. The minimum absolute atomic E-state index is 0.0175. The predicted octanol–water partition coefficient (Wildman–Crippen LogP) is 3.53. The van der Waals surface area contributed by atoms with Gasteiger partial charge < -0.3 is 25.6 Å². The highest BCUT2D eigenvalue weighted by Crippen LogP contribution is 2.27. The molecule has 0 radical (unpaired) electrons. The van der Waals surface area contributed by atoms with Crippen LogP contribution < -0.4 is 10.6 Å². The van der Waals surface area contributed by atoms with E-state index < -0.39 is 35.6 Å². The maximum atomic E-state index is 13.8. The highest BCUT2D eigenvalue weighted by Gasteiger charge is 2.36. The Kier molecular flexibility index (Phi) is 9.55. The smallest absolute Gasteiger partial charge is 0.408 e. The molecule has 0 aromatic heterocycles. The number of phenolic OH excluding ortho intramolecular Hbond substituents is 2. The summed E-state index contributed by atoms with van der Waals surface area (Å²) < 4.78 is 5.34. The lowest BCUT2D eigenvalue weighted by molar-refractivity contribution is -0.138. The Bertz CT molecular complexity index is 1160. The Hall–Kier alpha value is -4.19. The Labute approximate surface area is 217 Å². The van der Waals surface area contributed by atoms with Crippen molar-refractivity contribution in [1.29, 1.82) is 0 Å². The van der Waals surface area contributed by atoms with E-state index in [0.29, 0.717) is 16.7 Å². The van der Waals surface area contributed by atoms with E-state index in [1.807, 2.05) is 0 Å². The summed E-state index contributed by atoms with van der Waals surface area (Å²) in [6.07, 6.45) is 4.97. The number of carbonyl (C=O) groups excluding carboxylic acids is 3. The van der Waals surface area contributed by atoms with Gasteiger partial charge in [-0.3, -0.25) is 14.5 Å². The van der Waals surface area contributed by atoms with Gasteiger partial charge in [-0.25, -0.2) is 4.79 Å². The van der Waals surface area contributed by atoms with Crippen LogP contribution in [-0.2, 0) is 20.7 Å². The van der Waals surface area contributed by atoms with Crippen molar-refractivity contribution >= 4 is 17.9 Å². The number of aromatic hydroxyl groups is 2. The van der Waals surface area contributed by atoms with Crippen LogP contribution in [0, 0.1) is 19.4 Å². The van der Waals surface area contributed by atoms with Gasteiger partial charge in [0.15, 0.2) is 0 Å². The number of aryl methyl sites for hydroxylation is 1. The second-order valence-corrected chi connectivity index (χ2v) is 10.0. The molecule has 2 atom stereocenters. The second-order valence-electron chi connectivity index (χ2n) is 10.0. The molecule has 3 amide bonds. The molecule has 198 valence electrons. The highest BCUT2D eigenvalue weighted by atomic mass is 16.6. The molecule has 0 bridgehead atoms. The Balaban J connectivity index is 2.51. The number of nitrogens with zero attached hydrogens (tertiary/aromatic N) is 1. The molecule has 2 aromatic rings. The number of terminal acetylenes is 1. The third-order valence-corrected chi connectivity index (χ3v) is 5.22. The molecule has 2 rings (SSSR count). The minimum Gasteiger partial charge on any atom is -0.508 e. The number of benzene rings is 2. The first-order valence-corrected chi connectivity index (χ1v) is 11.9. The van der Waals surface area contributed by atoms with Gasteiger partial charge in [0.2, 0.25) is 5.91 Å². The van der Waals surface area contributed by atoms with E-state index in [1.165, 1.54) is 24.3 Å². The van der Waals surface area contributed by atoms with Gasteiger partial charge in [0.25, 0.3) is 5.91 Å². The molecular weight excluding hydrogens is 474 g/mol. The van der Waals surface area contributed by atoms with Crippen LogP contribution in [0.3, 0.4) is 0 Å². The predicted molar refractivity (Wildman–Crippen MR) is 140 cm³/mol. The number of hydrogen-bond donors (Lipinski definition) is 4. The highest BCUT2D eigenvalue weighted by molar-refractivity contribution is 5.93. The van der Waals surface area contributed by atoms with Gasteiger partial charge in [-0.2, -0.15) is 0 Å². The van der Waals surface area contributed by atoms with Gasteiger partial charge in [-0.05, 0) is 82.5 Å². The first kappa shape index (κ1) is 29.0. The lowest BCUT2D eigenvalue weighted by Gasteiger charge is -2.31. The molecule has 9 nitrogen and oxygen atoms in total. The monoisotopic (exact) mass is 509 g/mol. The van der Waals surface area contributed by atoms with Crippen LogP contribution in [0.2, 0.25) is 0 Å². The van der Waals surface area contributed by atoms with Crippen LogP contribution in [0.4, 0.5) is 4.79 Å². The third-order valence-electron chi connectivity index (χ3n) is 5.22. The van der Waals surface area contributed by atoms with E-state index in [2.05, 4.69) is 16.7 Å². The van der Waals surface area contributed by atoms with E-state index in [-0.39, 0.29) is 24.0 Å². The quantitative estimate of drug-likeness (QED) is 0.318. The normalized spacial score (nSPS) is 12.7. The number of rotatable bonds is 8. The Morgan fingerprint density at radius 3 is 2.19 bits per heavy atom. The van der Waals surface area contributed by atoms with Gasteiger partial charge >= 0.3 is 6.09 Å². The number of nitrogens with one attached hydrogen (secondary N) is 2. The molecule has 0 aliphatic heterocycles. The zero-order chi connectivity index (χ0) is 27.9. The summed E-state index contributed by atoms with van der Waals surface area (Å²) in [6, 6.07) is 10.3. The van der Waals surface area contributed by atoms with E-state index in [4.69, 9.17) is 11.2 Å². The largest absolute Gasteiger partial charge is 0.508 e. The average molecular weight is 510 g/mol. The summed E-state index contributed by atoms with van der Waals surface area (Å²) in [5, 5.41) is 25.0. The standard InChI is InChI=1S/C28H35N3O6/c1-8-31(24(25(34)29-17(2)3)20-11-14-23(33)18(4)15-20)26(35)22(30-27(36)37-28(5,6)7)16-19-9-12-21(32)13-10-19/h1,9-15,17,22,24,32-33H,16H2,2-7H3,(H,29,34)(H,30,36). The SMILES string of the molecule is C#CN(C(=O)C(Cc1ccc(O)cc1)NC(=O)OC(C)(C)C)C(C(=O)NC(C)C)c1ccc(O)c(C)c1. The van der Waals surface area contributed by atoms with Crippen molar-refractivity contribution in [3.8, 4) is 24.0 Å². The van der Waals surface area contributed by atoms with Crippen LogP contribution in [0.15, 0.2) is 42.5 Å². The summed E-state index contributed by atoms with van der Waals surface area (Å²) in [7, 11) is 0. The van der Waals surface area contributed by atoms with Gasteiger partial charge in [0.05, 0.1) is 0 Å². The minimum atomic E-state index is -1.23. The van der Waals surface area contributed by atoms with Crippen molar-refractivity contribution in [2.75, 3.05) is 0 Å². The van der Waals surface area contributed by atoms with E-state index in [0.717, 1.165) is 4.90 Å². The summed E-state index contributed by atoms with van der Waals surface area (Å²) in [4.78, 5) is 40.7. The molecule has 2 unspecified atom stereocenters. The molecule has 0 saturated carbocycles. The van der Waals surface area contributed by atoms with Crippen LogP contribution in [0.25, 0.3) is 0 Å². The summed E-state index contributed by atoms with van der Waals surface area (Å²) in [6.45, 7) is 10.3. The molecule has 4 N–H and O–H groups in total. The van der Waals surface area contributed by atoms with Crippen molar-refractivity contribution in [3.05, 3.63) is 59.2 Å². The van der Waals surface area contributed by atoms with Crippen molar-refractivity contribution in [2.45, 2.75) is 71.7 Å². The maximum Gasteiger partial charge on any atom is 0.408 e. The van der Waals surface area contributed by atoms with E-state index in [9.17, 15) is 24.6 Å². The summed E-state index contributed by atoms with van der Waals surface area (Å²) in [5.41, 5.74) is 0.704. The molecule has 0 fully saturated rings. The van der Waals surface area contributed by atoms with Crippen molar-refractivity contribution in [1.82, 2.24) is 15.5 Å². The number of hydrogen-bond acceptors (Lipinski definition) is 6. The number of alkyl carbamates (subject to hydrolysis) is 1. The first-order valence-electron chi connectivity index (χ1n) is 11.9. The Morgan fingerprint density at radius 1 is 1.05 bits per heavy atom. The lowest BCUT2D eigenvalue weighted by atomic mass is 9.99. The second kappa shape index (κ2) is 12.2. The zero-order valence-corrected chi connectivity index (χ0v) is 22.0. The zero-order valence-electron chi connectivity index (χ0n) is 22.0.